The first-order valence-corrected chi connectivity index (χ1v) is 10.4. The van der Waals surface area contributed by atoms with E-state index in [1.54, 1.807) is 7.11 Å². The molecule has 27 heavy (non-hydrogen) atoms. The minimum atomic E-state index is 0.297. The van der Waals surface area contributed by atoms with E-state index in [2.05, 4.69) is 52.8 Å². The molecule has 0 unspecified atom stereocenters. The molecule has 4 aliphatic heterocycles. The molecule has 5 rings (SSSR count). The van der Waals surface area contributed by atoms with Gasteiger partial charge in [-0.05, 0) is 70.4 Å². The van der Waals surface area contributed by atoms with Gasteiger partial charge in [0.05, 0.1) is 19.7 Å². The van der Waals surface area contributed by atoms with Gasteiger partial charge in [0.2, 0.25) is 5.91 Å². The van der Waals surface area contributed by atoms with Crippen molar-refractivity contribution in [3.05, 3.63) is 29.8 Å². The van der Waals surface area contributed by atoms with Gasteiger partial charge < -0.3 is 9.64 Å². The summed E-state index contributed by atoms with van der Waals surface area (Å²) < 4.78 is 5.33. The molecule has 5 nitrogen and oxygen atoms in total. The average Bonchev–Trinajstić information content (AvgIpc) is 3.12. The van der Waals surface area contributed by atoms with Gasteiger partial charge in [-0.3, -0.25) is 14.6 Å². The van der Waals surface area contributed by atoms with Crippen LogP contribution in [0.1, 0.15) is 38.2 Å². The van der Waals surface area contributed by atoms with Crippen molar-refractivity contribution in [1.29, 1.82) is 0 Å². The van der Waals surface area contributed by atoms with Crippen LogP contribution >= 0.6 is 0 Å². The Morgan fingerprint density at radius 2 is 1.85 bits per heavy atom. The van der Waals surface area contributed by atoms with Crippen LogP contribution in [0.5, 0.6) is 5.75 Å². The summed E-state index contributed by atoms with van der Waals surface area (Å²) in [6, 6.07) is 9.73. The number of piperidine rings is 3. The van der Waals surface area contributed by atoms with Crippen molar-refractivity contribution in [3.8, 4) is 5.75 Å². The molecule has 5 heteroatoms. The number of rotatable bonds is 5. The molecule has 0 aromatic heterocycles. The van der Waals surface area contributed by atoms with E-state index in [-0.39, 0.29) is 0 Å². The zero-order valence-corrected chi connectivity index (χ0v) is 17.1. The predicted molar refractivity (Wildman–Crippen MR) is 107 cm³/mol. The predicted octanol–water partition coefficient (Wildman–Crippen LogP) is 2.42. The highest BCUT2D eigenvalue weighted by molar-refractivity contribution is 5.79. The van der Waals surface area contributed by atoms with Gasteiger partial charge in [0, 0.05) is 24.5 Å². The number of methoxy groups -OCH3 is 1. The first-order valence-electron chi connectivity index (χ1n) is 10.4. The van der Waals surface area contributed by atoms with Gasteiger partial charge in [0.1, 0.15) is 5.75 Å². The van der Waals surface area contributed by atoms with Gasteiger partial charge >= 0.3 is 0 Å². The summed E-state index contributed by atoms with van der Waals surface area (Å²) in [4.78, 5) is 20.2. The third-order valence-corrected chi connectivity index (χ3v) is 7.12. The summed E-state index contributed by atoms with van der Waals surface area (Å²) in [5.74, 6) is 2.25. The first kappa shape index (κ1) is 18.8. The van der Waals surface area contributed by atoms with Crippen LogP contribution in [0.25, 0.3) is 0 Å². The molecule has 148 valence electrons. The van der Waals surface area contributed by atoms with E-state index in [1.807, 2.05) is 7.05 Å². The molecule has 0 radical (unpaired) electrons. The average molecular weight is 372 g/mol. The van der Waals surface area contributed by atoms with Crippen molar-refractivity contribution in [2.24, 2.45) is 5.92 Å². The molecule has 2 bridgehead atoms. The third kappa shape index (κ3) is 3.36. The maximum absolute atomic E-state index is 13.2. The highest BCUT2D eigenvalue weighted by Crippen LogP contribution is 2.46. The van der Waals surface area contributed by atoms with E-state index in [4.69, 9.17) is 4.74 Å². The molecular weight excluding hydrogens is 338 g/mol. The summed E-state index contributed by atoms with van der Waals surface area (Å²) in [5, 5.41) is 0. The van der Waals surface area contributed by atoms with Gasteiger partial charge in [0.15, 0.2) is 0 Å². The van der Waals surface area contributed by atoms with Gasteiger partial charge in [-0.2, -0.15) is 0 Å². The Labute approximate surface area is 163 Å². The maximum Gasteiger partial charge on any atom is 0.237 e. The summed E-state index contributed by atoms with van der Waals surface area (Å²) in [6.45, 7) is 8.03. The lowest BCUT2D eigenvalue weighted by molar-refractivity contribution is -0.137. The summed E-state index contributed by atoms with van der Waals surface area (Å²) in [6.07, 6.45) is 2.47. The maximum atomic E-state index is 13.2. The van der Waals surface area contributed by atoms with Crippen molar-refractivity contribution in [2.75, 3.05) is 40.3 Å². The largest absolute Gasteiger partial charge is 0.497 e. The van der Waals surface area contributed by atoms with E-state index in [0.29, 0.717) is 42.4 Å². The third-order valence-electron chi connectivity index (χ3n) is 7.12. The van der Waals surface area contributed by atoms with E-state index in [9.17, 15) is 4.79 Å². The fourth-order valence-corrected chi connectivity index (χ4v) is 5.34. The van der Waals surface area contributed by atoms with E-state index in [1.165, 1.54) is 31.5 Å². The molecule has 4 fully saturated rings. The molecule has 0 spiro atoms. The second kappa shape index (κ2) is 7.44. The second-order valence-corrected chi connectivity index (χ2v) is 8.79. The Hall–Kier alpha value is -1.59. The highest BCUT2D eigenvalue weighted by atomic mass is 16.5. The summed E-state index contributed by atoms with van der Waals surface area (Å²) in [7, 11) is 3.76. The number of carbonyl (C=O) groups is 1. The van der Waals surface area contributed by atoms with Crippen LogP contribution in [0.3, 0.4) is 0 Å². The van der Waals surface area contributed by atoms with Gasteiger partial charge in [-0.25, -0.2) is 0 Å². The normalized spacial score (nSPS) is 32.2. The Kier molecular flexibility index (Phi) is 5.17. The molecule has 1 amide bonds. The van der Waals surface area contributed by atoms with Crippen LogP contribution in [-0.4, -0.2) is 79.1 Å². The number of hydrogen-bond acceptors (Lipinski definition) is 4. The lowest BCUT2D eigenvalue weighted by atomic mass is 9.75. The highest BCUT2D eigenvalue weighted by Gasteiger charge is 2.54. The quantitative estimate of drug-likeness (QED) is 0.796. The molecular formula is C22H33N3O2. The Morgan fingerprint density at radius 3 is 2.44 bits per heavy atom. The number of ether oxygens (including phenoxy) is 1. The van der Waals surface area contributed by atoms with Crippen LogP contribution in [0, 0.1) is 5.92 Å². The topological polar surface area (TPSA) is 36.0 Å². The number of likely N-dealkylation sites (N-methyl/N-ethyl adjacent to an activating group) is 1. The lowest BCUT2D eigenvalue weighted by Crippen LogP contribution is -2.61. The SMILES string of the molecule is COc1ccc([C@@H]2CN(C(=O)CN(C)C(C)C)[C@@H]3C4CCN(CC4)[C@@H]32)cc1. The van der Waals surface area contributed by atoms with Crippen molar-refractivity contribution in [3.63, 3.8) is 0 Å². The van der Waals surface area contributed by atoms with Crippen LogP contribution in [-0.2, 0) is 4.79 Å². The fraction of sp³-hybridized carbons (Fsp3) is 0.682. The number of nitrogens with zero attached hydrogens (tertiary/aromatic N) is 3. The number of benzene rings is 1. The number of fused-ring (bicyclic) bond motifs is 2. The molecule has 1 aromatic rings. The molecule has 3 atom stereocenters. The Balaban J connectivity index is 1.60. The molecule has 0 saturated carbocycles. The molecule has 4 saturated heterocycles. The minimum absolute atomic E-state index is 0.297. The second-order valence-electron chi connectivity index (χ2n) is 8.79. The van der Waals surface area contributed by atoms with Crippen molar-refractivity contribution < 1.29 is 9.53 Å². The number of amides is 1. The van der Waals surface area contributed by atoms with Crippen molar-refractivity contribution in [2.45, 2.75) is 50.7 Å². The molecule has 0 N–H and O–H groups in total. The molecule has 4 heterocycles. The van der Waals surface area contributed by atoms with E-state index < -0.39 is 0 Å². The van der Waals surface area contributed by atoms with Crippen LogP contribution in [0.2, 0.25) is 0 Å². The number of hydrogen-bond donors (Lipinski definition) is 0. The van der Waals surface area contributed by atoms with Crippen molar-refractivity contribution in [1.82, 2.24) is 14.7 Å². The molecule has 0 aliphatic carbocycles. The fourth-order valence-electron chi connectivity index (χ4n) is 5.34. The minimum Gasteiger partial charge on any atom is -0.497 e. The van der Waals surface area contributed by atoms with E-state index >= 15 is 0 Å². The van der Waals surface area contributed by atoms with Crippen LogP contribution < -0.4 is 4.74 Å². The van der Waals surface area contributed by atoms with E-state index in [0.717, 1.165) is 12.3 Å². The van der Waals surface area contributed by atoms with Gasteiger partial charge in [0.25, 0.3) is 0 Å². The number of likely N-dealkylation sites (tertiary alicyclic amines) is 1. The Morgan fingerprint density at radius 1 is 1.19 bits per heavy atom. The first-order chi connectivity index (χ1) is 13.0. The zero-order valence-electron chi connectivity index (χ0n) is 17.1. The molecule has 1 aromatic carbocycles. The monoisotopic (exact) mass is 371 g/mol. The van der Waals surface area contributed by atoms with Crippen LogP contribution in [0.4, 0.5) is 0 Å². The zero-order chi connectivity index (χ0) is 19.1. The lowest BCUT2D eigenvalue weighted by Gasteiger charge is -2.51. The summed E-state index contributed by atoms with van der Waals surface area (Å²) >= 11 is 0. The Bertz CT molecular complexity index is 667. The summed E-state index contributed by atoms with van der Waals surface area (Å²) in [5.41, 5.74) is 1.34. The molecule has 4 aliphatic rings. The van der Waals surface area contributed by atoms with Gasteiger partial charge in [-0.15, -0.1) is 0 Å². The van der Waals surface area contributed by atoms with Crippen molar-refractivity contribution >= 4 is 5.91 Å². The van der Waals surface area contributed by atoms with Crippen LogP contribution in [0.15, 0.2) is 24.3 Å². The standard InChI is InChI=1S/C22H33N3O2/c1-15(2)23(3)14-20(26)25-13-19(16-5-7-18(27-4)8-6-16)22-21(25)17-9-11-24(22)12-10-17/h5-8,15,17,19,21-22H,9-14H2,1-4H3/t19-,21+,22+/m0/s1. The number of carbonyl (C=O) groups excluding carboxylic acids is 1. The smallest absolute Gasteiger partial charge is 0.237 e. The van der Waals surface area contributed by atoms with Gasteiger partial charge in [-0.1, -0.05) is 12.1 Å².